The Bertz CT molecular complexity index is 914. The molecular weight excluding hydrogens is 343 g/mol. The smallest absolute Gasteiger partial charge is 0.335 e. The standard InChI is InChI=1S/C17H19FN4O4/c1-24-11-6-9-13(12(18)14(11)25-2)21-16(22-15(9)19)8-4-5-20-7-10(8)17(23)26-3/h6,20H,4-5,7H2,1-3H3,(H2,19,21,22). The van der Waals surface area contributed by atoms with Gasteiger partial charge in [0.05, 0.1) is 26.9 Å². The first-order valence-electron chi connectivity index (χ1n) is 7.90. The Morgan fingerprint density at radius 3 is 2.69 bits per heavy atom. The molecule has 0 fully saturated rings. The first-order valence-corrected chi connectivity index (χ1v) is 7.90. The summed E-state index contributed by atoms with van der Waals surface area (Å²) in [7, 11) is 4.04. The number of fused-ring (bicyclic) bond motifs is 1. The first-order chi connectivity index (χ1) is 12.5. The zero-order valence-electron chi connectivity index (χ0n) is 14.7. The second-order valence-electron chi connectivity index (χ2n) is 5.63. The molecule has 9 heteroatoms. The van der Waals surface area contributed by atoms with Crippen molar-refractivity contribution in [3.8, 4) is 11.5 Å². The predicted molar refractivity (Wildman–Crippen MR) is 93.4 cm³/mol. The number of nitrogens with zero attached hydrogens (tertiary/aromatic N) is 2. The molecule has 0 unspecified atom stereocenters. The van der Waals surface area contributed by atoms with Crippen molar-refractivity contribution >= 4 is 28.3 Å². The average molecular weight is 362 g/mol. The molecule has 3 N–H and O–H groups in total. The highest BCUT2D eigenvalue weighted by molar-refractivity contribution is 5.99. The minimum atomic E-state index is -0.702. The van der Waals surface area contributed by atoms with Crippen LogP contribution in [0.15, 0.2) is 11.6 Å². The van der Waals surface area contributed by atoms with Gasteiger partial charge in [-0.05, 0) is 19.0 Å². The maximum absolute atomic E-state index is 14.9. The number of methoxy groups -OCH3 is 3. The monoisotopic (exact) mass is 362 g/mol. The summed E-state index contributed by atoms with van der Waals surface area (Å²) in [4.78, 5) is 20.6. The van der Waals surface area contributed by atoms with Crippen molar-refractivity contribution in [3.63, 3.8) is 0 Å². The van der Waals surface area contributed by atoms with Crippen LogP contribution in [-0.4, -0.2) is 50.4 Å². The van der Waals surface area contributed by atoms with E-state index >= 15 is 0 Å². The zero-order chi connectivity index (χ0) is 18.8. The van der Waals surface area contributed by atoms with Crippen LogP contribution >= 0.6 is 0 Å². The van der Waals surface area contributed by atoms with E-state index in [4.69, 9.17) is 19.9 Å². The van der Waals surface area contributed by atoms with E-state index < -0.39 is 11.8 Å². The number of nitrogens with one attached hydrogen (secondary N) is 1. The fourth-order valence-corrected chi connectivity index (χ4v) is 2.94. The lowest BCUT2D eigenvalue weighted by Gasteiger charge is -2.20. The summed E-state index contributed by atoms with van der Waals surface area (Å²) in [6.07, 6.45) is 0.490. The Balaban J connectivity index is 2.27. The molecule has 3 rings (SSSR count). The summed E-state index contributed by atoms with van der Waals surface area (Å²) >= 11 is 0. The third-order valence-electron chi connectivity index (χ3n) is 4.23. The number of ether oxygens (including phenoxy) is 3. The van der Waals surface area contributed by atoms with E-state index in [1.54, 1.807) is 0 Å². The van der Waals surface area contributed by atoms with E-state index in [1.165, 1.54) is 27.4 Å². The molecule has 26 heavy (non-hydrogen) atoms. The van der Waals surface area contributed by atoms with Crippen LogP contribution in [0, 0.1) is 5.82 Å². The van der Waals surface area contributed by atoms with Gasteiger partial charge in [0.25, 0.3) is 0 Å². The lowest BCUT2D eigenvalue weighted by molar-refractivity contribution is -0.136. The van der Waals surface area contributed by atoms with Gasteiger partial charge in [0.2, 0.25) is 0 Å². The molecule has 0 radical (unpaired) electrons. The summed E-state index contributed by atoms with van der Waals surface area (Å²) < 4.78 is 29.9. The zero-order valence-corrected chi connectivity index (χ0v) is 14.7. The van der Waals surface area contributed by atoms with Gasteiger partial charge in [-0.15, -0.1) is 0 Å². The van der Waals surface area contributed by atoms with E-state index in [0.29, 0.717) is 36.0 Å². The molecule has 0 saturated carbocycles. The van der Waals surface area contributed by atoms with Gasteiger partial charge >= 0.3 is 5.97 Å². The van der Waals surface area contributed by atoms with Crippen LogP contribution in [0.25, 0.3) is 16.5 Å². The van der Waals surface area contributed by atoms with Gasteiger partial charge in [0.15, 0.2) is 23.1 Å². The Labute approximate surface area is 149 Å². The molecule has 0 amide bonds. The van der Waals surface area contributed by atoms with E-state index in [9.17, 15) is 9.18 Å². The molecule has 0 atom stereocenters. The predicted octanol–water partition coefficient (Wildman–Crippen LogP) is 1.29. The maximum atomic E-state index is 14.9. The molecule has 1 aliphatic rings. The molecule has 0 spiro atoms. The molecule has 1 aliphatic heterocycles. The van der Waals surface area contributed by atoms with Crippen molar-refractivity contribution in [2.24, 2.45) is 0 Å². The number of benzene rings is 1. The fourth-order valence-electron chi connectivity index (χ4n) is 2.94. The number of hydrogen-bond donors (Lipinski definition) is 2. The van der Waals surface area contributed by atoms with Gasteiger partial charge < -0.3 is 25.3 Å². The van der Waals surface area contributed by atoms with Crippen molar-refractivity contribution < 1.29 is 23.4 Å². The molecule has 2 aromatic rings. The molecule has 1 aromatic carbocycles. The molecular formula is C17H19FN4O4. The van der Waals surface area contributed by atoms with Crippen LogP contribution < -0.4 is 20.5 Å². The van der Waals surface area contributed by atoms with Crippen molar-refractivity contribution in [2.75, 3.05) is 40.2 Å². The van der Waals surface area contributed by atoms with Gasteiger partial charge in [0.1, 0.15) is 11.3 Å². The van der Waals surface area contributed by atoms with Crippen molar-refractivity contribution in [2.45, 2.75) is 6.42 Å². The number of carbonyl (C=O) groups excluding carboxylic acids is 1. The number of hydrogen-bond acceptors (Lipinski definition) is 8. The van der Waals surface area contributed by atoms with Crippen LogP contribution in [0.1, 0.15) is 12.2 Å². The fraction of sp³-hybridized carbons (Fsp3) is 0.353. The van der Waals surface area contributed by atoms with Gasteiger partial charge in [-0.3, -0.25) is 0 Å². The quantitative estimate of drug-likeness (QED) is 0.783. The minimum absolute atomic E-state index is 0.000369. The number of rotatable bonds is 4. The number of nitrogen functional groups attached to an aromatic ring is 1. The van der Waals surface area contributed by atoms with Gasteiger partial charge in [-0.2, -0.15) is 0 Å². The minimum Gasteiger partial charge on any atom is -0.493 e. The number of nitrogens with two attached hydrogens (primary N) is 1. The molecule has 0 saturated heterocycles. The lowest BCUT2D eigenvalue weighted by Crippen LogP contribution is -2.29. The number of carbonyl (C=O) groups is 1. The summed E-state index contributed by atoms with van der Waals surface area (Å²) in [5, 5.41) is 3.39. The normalized spacial score (nSPS) is 14.5. The van der Waals surface area contributed by atoms with Crippen molar-refractivity contribution in [3.05, 3.63) is 23.3 Å². The third-order valence-corrected chi connectivity index (χ3v) is 4.23. The SMILES string of the molecule is COC(=O)C1=C(c2nc(N)c3cc(OC)c(OC)c(F)c3n2)CCNC1. The van der Waals surface area contributed by atoms with Crippen LogP contribution in [-0.2, 0) is 9.53 Å². The van der Waals surface area contributed by atoms with Crippen LogP contribution in [0.2, 0.25) is 0 Å². The Morgan fingerprint density at radius 1 is 1.27 bits per heavy atom. The number of esters is 1. The summed E-state index contributed by atoms with van der Waals surface area (Å²) in [5.41, 5.74) is 7.02. The van der Waals surface area contributed by atoms with Gasteiger partial charge in [-0.25, -0.2) is 19.2 Å². The summed E-state index contributed by atoms with van der Waals surface area (Å²) in [6, 6.07) is 1.52. The second kappa shape index (κ2) is 7.12. The number of aromatic nitrogens is 2. The molecule has 1 aromatic heterocycles. The van der Waals surface area contributed by atoms with E-state index in [0.717, 1.165) is 0 Å². The second-order valence-corrected chi connectivity index (χ2v) is 5.63. The lowest BCUT2D eigenvalue weighted by atomic mass is 10.0. The highest BCUT2D eigenvalue weighted by Crippen LogP contribution is 2.37. The molecule has 0 bridgehead atoms. The molecule has 8 nitrogen and oxygen atoms in total. The topological polar surface area (TPSA) is 109 Å². The third kappa shape index (κ3) is 2.90. The number of halogens is 1. The first kappa shape index (κ1) is 17.9. The average Bonchev–Trinajstić information content (AvgIpc) is 2.67. The van der Waals surface area contributed by atoms with Crippen LogP contribution in [0.4, 0.5) is 10.2 Å². The largest absolute Gasteiger partial charge is 0.493 e. The Morgan fingerprint density at radius 2 is 2.04 bits per heavy atom. The van der Waals surface area contributed by atoms with E-state index in [2.05, 4.69) is 15.3 Å². The molecule has 0 aliphatic carbocycles. The van der Waals surface area contributed by atoms with Gasteiger partial charge in [0, 0.05) is 17.5 Å². The Kier molecular flexibility index (Phi) is 4.90. The Hall–Kier alpha value is -2.94. The summed E-state index contributed by atoms with van der Waals surface area (Å²) in [6.45, 7) is 0.948. The van der Waals surface area contributed by atoms with Crippen molar-refractivity contribution in [1.82, 2.24) is 15.3 Å². The highest BCUT2D eigenvalue weighted by atomic mass is 19.1. The molecule has 138 valence electrons. The van der Waals surface area contributed by atoms with E-state index in [1.807, 2.05) is 0 Å². The number of anilines is 1. The van der Waals surface area contributed by atoms with E-state index in [-0.39, 0.29) is 28.7 Å². The summed E-state index contributed by atoms with van der Waals surface area (Å²) in [5.74, 6) is -0.787. The molecule has 2 heterocycles. The van der Waals surface area contributed by atoms with Crippen LogP contribution in [0.5, 0.6) is 11.5 Å². The highest BCUT2D eigenvalue weighted by Gasteiger charge is 2.25. The van der Waals surface area contributed by atoms with Crippen molar-refractivity contribution in [1.29, 1.82) is 0 Å². The maximum Gasteiger partial charge on any atom is 0.335 e. The van der Waals surface area contributed by atoms with Crippen LogP contribution in [0.3, 0.4) is 0 Å². The van der Waals surface area contributed by atoms with Gasteiger partial charge in [-0.1, -0.05) is 0 Å².